The van der Waals surface area contributed by atoms with Gasteiger partial charge >= 0.3 is 0 Å². The molecule has 1 aromatic heterocycles. The third-order valence-corrected chi connectivity index (χ3v) is 3.42. The van der Waals surface area contributed by atoms with E-state index in [1.165, 1.54) is 5.56 Å². The fourth-order valence-electron chi connectivity index (χ4n) is 2.22. The Morgan fingerprint density at radius 2 is 1.90 bits per heavy atom. The highest BCUT2D eigenvalue weighted by atomic mass is 16.2. The van der Waals surface area contributed by atoms with Crippen LogP contribution >= 0.6 is 0 Å². The van der Waals surface area contributed by atoms with Gasteiger partial charge in [-0.1, -0.05) is 22.9 Å². The standard InChI is InChI=1S/C14H17N5O/c1-11-2-4-12(5-3-11)19-10-13(16-17-19)14(20)18-8-6-15-7-9-18/h2-5,10,15H,6-9H2,1H3. The molecule has 0 bridgehead atoms. The first-order valence-corrected chi connectivity index (χ1v) is 6.73. The summed E-state index contributed by atoms with van der Waals surface area (Å²) in [5.41, 5.74) is 2.49. The van der Waals surface area contributed by atoms with Gasteiger partial charge in [-0.05, 0) is 19.1 Å². The molecule has 104 valence electrons. The number of hydrogen-bond acceptors (Lipinski definition) is 4. The summed E-state index contributed by atoms with van der Waals surface area (Å²) in [6.07, 6.45) is 1.69. The molecule has 0 aliphatic carbocycles. The summed E-state index contributed by atoms with van der Waals surface area (Å²) in [6, 6.07) is 7.94. The Morgan fingerprint density at radius 1 is 1.20 bits per heavy atom. The van der Waals surface area contributed by atoms with Gasteiger partial charge in [0.05, 0.1) is 11.9 Å². The van der Waals surface area contributed by atoms with Crippen molar-refractivity contribution in [2.45, 2.75) is 6.92 Å². The monoisotopic (exact) mass is 271 g/mol. The Labute approximate surface area is 117 Å². The summed E-state index contributed by atoms with van der Waals surface area (Å²) in [6.45, 7) is 5.13. The second kappa shape index (κ2) is 5.42. The number of carbonyl (C=O) groups is 1. The van der Waals surface area contributed by atoms with E-state index < -0.39 is 0 Å². The zero-order chi connectivity index (χ0) is 13.9. The van der Waals surface area contributed by atoms with Crippen molar-refractivity contribution in [2.24, 2.45) is 0 Å². The first-order valence-electron chi connectivity index (χ1n) is 6.73. The fraction of sp³-hybridized carbons (Fsp3) is 0.357. The van der Waals surface area contributed by atoms with Crippen molar-refractivity contribution in [1.82, 2.24) is 25.2 Å². The van der Waals surface area contributed by atoms with Crippen LogP contribution < -0.4 is 5.32 Å². The van der Waals surface area contributed by atoms with Gasteiger partial charge in [-0.25, -0.2) is 4.68 Å². The summed E-state index contributed by atoms with van der Waals surface area (Å²) >= 11 is 0. The van der Waals surface area contributed by atoms with Crippen molar-refractivity contribution in [3.05, 3.63) is 41.7 Å². The molecule has 20 heavy (non-hydrogen) atoms. The van der Waals surface area contributed by atoms with E-state index in [0.29, 0.717) is 5.69 Å². The first kappa shape index (κ1) is 12.8. The molecular formula is C14H17N5O. The molecule has 0 radical (unpaired) electrons. The third-order valence-electron chi connectivity index (χ3n) is 3.42. The summed E-state index contributed by atoms with van der Waals surface area (Å²) < 4.78 is 1.63. The highest BCUT2D eigenvalue weighted by molar-refractivity contribution is 5.92. The average molecular weight is 271 g/mol. The SMILES string of the molecule is Cc1ccc(-n2cc(C(=O)N3CCNCC3)nn2)cc1. The Balaban J connectivity index is 1.79. The van der Waals surface area contributed by atoms with E-state index in [2.05, 4.69) is 15.6 Å². The van der Waals surface area contributed by atoms with Crippen LogP contribution in [0.2, 0.25) is 0 Å². The van der Waals surface area contributed by atoms with Crippen LogP contribution in [0.3, 0.4) is 0 Å². The van der Waals surface area contributed by atoms with Crippen LogP contribution in [0.25, 0.3) is 5.69 Å². The van der Waals surface area contributed by atoms with E-state index in [4.69, 9.17) is 0 Å². The number of benzene rings is 1. The molecule has 1 aliphatic rings. The highest BCUT2D eigenvalue weighted by Gasteiger charge is 2.20. The second-order valence-corrected chi connectivity index (χ2v) is 4.93. The third kappa shape index (κ3) is 2.55. The number of piperazine rings is 1. The lowest BCUT2D eigenvalue weighted by Crippen LogP contribution is -2.46. The van der Waals surface area contributed by atoms with Gasteiger partial charge in [-0.3, -0.25) is 4.79 Å². The second-order valence-electron chi connectivity index (χ2n) is 4.93. The summed E-state index contributed by atoms with van der Waals surface area (Å²) in [5.74, 6) is -0.0511. The number of aryl methyl sites for hydroxylation is 1. The van der Waals surface area contributed by atoms with Crippen molar-refractivity contribution >= 4 is 5.91 Å². The molecule has 6 heteroatoms. The Morgan fingerprint density at radius 3 is 2.60 bits per heavy atom. The maximum Gasteiger partial charge on any atom is 0.276 e. The van der Waals surface area contributed by atoms with E-state index in [9.17, 15) is 4.79 Å². The quantitative estimate of drug-likeness (QED) is 0.870. The molecule has 0 atom stereocenters. The van der Waals surface area contributed by atoms with Crippen molar-refractivity contribution < 1.29 is 4.79 Å². The van der Waals surface area contributed by atoms with E-state index in [1.807, 2.05) is 31.2 Å². The van der Waals surface area contributed by atoms with Gasteiger partial charge in [0.25, 0.3) is 5.91 Å². The normalized spacial score (nSPS) is 15.3. The van der Waals surface area contributed by atoms with Crippen LogP contribution in [-0.2, 0) is 0 Å². The first-order chi connectivity index (χ1) is 9.74. The molecule has 1 fully saturated rings. The van der Waals surface area contributed by atoms with Gasteiger partial charge in [0.1, 0.15) is 0 Å². The van der Waals surface area contributed by atoms with Crippen molar-refractivity contribution in [2.75, 3.05) is 26.2 Å². The Hall–Kier alpha value is -2.21. The van der Waals surface area contributed by atoms with Gasteiger partial charge in [0, 0.05) is 26.2 Å². The Bertz CT molecular complexity index is 598. The summed E-state index contributed by atoms with van der Waals surface area (Å²) in [7, 11) is 0. The lowest BCUT2D eigenvalue weighted by molar-refractivity contribution is 0.0730. The van der Waals surface area contributed by atoms with Gasteiger partial charge in [-0.15, -0.1) is 5.10 Å². The molecule has 1 aliphatic heterocycles. The maximum absolute atomic E-state index is 12.3. The minimum atomic E-state index is -0.0511. The molecule has 1 amide bonds. The number of nitrogens with zero attached hydrogens (tertiary/aromatic N) is 4. The maximum atomic E-state index is 12.3. The van der Waals surface area contributed by atoms with Crippen LogP contribution in [0.4, 0.5) is 0 Å². The number of carbonyl (C=O) groups excluding carboxylic acids is 1. The molecular weight excluding hydrogens is 254 g/mol. The molecule has 6 nitrogen and oxygen atoms in total. The molecule has 1 aromatic carbocycles. The molecule has 0 spiro atoms. The van der Waals surface area contributed by atoms with E-state index in [1.54, 1.807) is 15.8 Å². The van der Waals surface area contributed by atoms with Gasteiger partial charge < -0.3 is 10.2 Å². The van der Waals surface area contributed by atoms with Gasteiger partial charge in [0.2, 0.25) is 0 Å². The minimum Gasteiger partial charge on any atom is -0.335 e. The Kier molecular flexibility index (Phi) is 3.47. The number of aromatic nitrogens is 3. The van der Waals surface area contributed by atoms with E-state index >= 15 is 0 Å². The summed E-state index contributed by atoms with van der Waals surface area (Å²) in [5, 5.41) is 11.2. The largest absolute Gasteiger partial charge is 0.335 e. The highest BCUT2D eigenvalue weighted by Crippen LogP contribution is 2.09. The predicted octanol–water partition coefficient (Wildman–Crippen LogP) is 0.621. The van der Waals surface area contributed by atoms with Crippen LogP contribution in [0.15, 0.2) is 30.5 Å². The topological polar surface area (TPSA) is 63.1 Å². The molecule has 1 saturated heterocycles. The molecule has 0 unspecified atom stereocenters. The predicted molar refractivity (Wildman–Crippen MR) is 74.9 cm³/mol. The van der Waals surface area contributed by atoms with Crippen LogP contribution in [0.1, 0.15) is 16.1 Å². The minimum absolute atomic E-state index is 0.0511. The van der Waals surface area contributed by atoms with Gasteiger partial charge in [-0.2, -0.15) is 0 Å². The molecule has 2 heterocycles. The van der Waals surface area contributed by atoms with Crippen molar-refractivity contribution in [3.8, 4) is 5.69 Å². The van der Waals surface area contributed by atoms with Crippen LogP contribution in [0.5, 0.6) is 0 Å². The zero-order valence-electron chi connectivity index (χ0n) is 11.4. The number of rotatable bonds is 2. The number of amides is 1. The van der Waals surface area contributed by atoms with E-state index in [0.717, 1.165) is 31.9 Å². The molecule has 1 N–H and O–H groups in total. The number of hydrogen-bond donors (Lipinski definition) is 1. The van der Waals surface area contributed by atoms with E-state index in [-0.39, 0.29) is 5.91 Å². The lowest BCUT2D eigenvalue weighted by Gasteiger charge is -2.26. The number of nitrogens with one attached hydrogen (secondary N) is 1. The smallest absolute Gasteiger partial charge is 0.276 e. The molecule has 2 aromatic rings. The van der Waals surface area contributed by atoms with Crippen LogP contribution in [0, 0.1) is 6.92 Å². The van der Waals surface area contributed by atoms with Crippen molar-refractivity contribution in [1.29, 1.82) is 0 Å². The molecule has 3 rings (SSSR count). The van der Waals surface area contributed by atoms with Gasteiger partial charge in [0.15, 0.2) is 5.69 Å². The zero-order valence-corrected chi connectivity index (χ0v) is 11.4. The fourth-order valence-corrected chi connectivity index (χ4v) is 2.22. The van der Waals surface area contributed by atoms with Crippen LogP contribution in [-0.4, -0.2) is 52.0 Å². The van der Waals surface area contributed by atoms with Crippen molar-refractivity contribution in [3.63, 3.8) is 0 Å². The average Bonchev–Trinajstić information content (AvgIpc) is 2.98. The summed E-state index contributed by atoms with van der Waals surface area (Å²) in [4.78, 5) is 14.1. The lowest BCUT2D eigenvalue weighted by atomic mass is 10.2. The molecule has 0 saturated carbocycles.